The van der Waals surface area contributed by atoms with E-state index in [1.807, 2.05) is 75.4 Å². The van der Waals surface area contributed by atoms with Gasteiger partial charge in [-0.15, -0.1) is 0 Å². The SMILES string of the molecule is COc1ccc([C@H](NC(=O)CN(C)CC(=O)NC(C)(C)C)c2ccccc2)cc1. The summed E-state index contributed by atoms with van der Waals surface area (Å²) in [5, 5.41) is 5.99. The van der Waals surface area contributed by atoms with Gasteiger partial charge in [-0.25, -0.2) is 0 Å². The lowest BCUT2D eigenvalue weighted by Crippen LogP contribution is -2.47. The Bertz CT molecular complexity index is 798. The molecule has 0 saturated heterocycles. The number of likely N-dealkylation sites (N-methyl/N-ethyl adjacent to an activating group) is 1. The van der Waals surface area contributed by atoms with Gasteiger partial charge in [0.2, 0.25) is 11.8 Å². The van der Waals surface area contributed by atoms with Gasteiger partial charge in [-0.05, 0) is 51.1 Å². The quantitative estimate of drug-likeness (QED) is 0.719. The van der Waals surface area contributed by atoms with Gasteiger partial charge < -0.3 is 15.4 Å². The van der Waals surface area contributed by atoms with E-state index in [1.54, 1.807) is 19.1 Å². The molecule has 2 aromatic carbocycles. The van der Waals surface area contributed by atoms with Crippen LogP contribution in [0.5, 0.6) is 5.75 Å². The second-order valence-electron chi connectivity index (χ2n) is 8.15. The molecule has 0 aliphatic heterocycles. The number of hydrogen-bond acceptors (Lipinski definition) is 4. The van der Waals surface area contributed by atoms with Crippen molar-refractivity contribution in [3.05, 3.63) is 65.7 Å². The van der Waals surface area contributed by atoms with Crippen molar-refractivity contribution >= 4 is 11.8 Å². The van der Waals surface area contributed by atoms with Gasteiger partial charge in [0.05, 0.1) is 26.2 Å². The van der Waals surface area contributed by atoms with Crippen LogP contribution < -0.4 is 15.4 Å². The van der Waals surface area contributed by atoms with Gasteiger partial charge in [-0.2, -0.15) is 0 Å². The summed E-state index contributed by atoms with van der Waals surface area (Å²) in [6.45, 7) is 6.06. The van der Waals surface area contributed by atoms with Crippen LogP contribution in [0.25, 0.3) is 0 Å². The number of carbonyl (C=O) groups is 2. The van der Waals surface area contributed by atoms with Crippen LogP contribution in [0.15, 0.2) is 54.6 Å². The predicted molar refractivity (Wildman–Crippen MR) is 115 cm³/mol. The van der Waals surface area contributed by atoms with Crippen molar-refractivity contribution in [1.82, 2.24) is 15.5 Å². The number of amides is 2. The van der Waals surface area contributed by atoms with Crippen molar-refractivity contribution in [3.63, 3.8) is 0 Å². The monoisotopic (exact) mass is 397 g/mol. The van der Waals surface area contributed by atoms with Crippen LogP contribution in [0.1, 0.15) is 37.9 Å². The molecule has 0 bridgehead atoms. The molecule has 0 radical (unpaired) electrons. The number of methoxy groups -OCH3 is 1. The zero-order valence-corrected chi connectivity index (χ0v) is 17.9. The molecule has 0 aliphatic rings. The molecule has 0 heterocycles. The minimum atomic E-state index is -0.299. The van der Waals surface area contributed by atoms with Gasteiger partial charge in [-0.3, -0.25) is 14.5 Å². The van der Waals surface area contributed by atoms with E-state index >= 15 is 0 Å². The second-order valence-corrected chi connectivity index (χ2v) is 8.15. The van der Waals surface area contributed by atoms with Crippen LogP contribution in [0.3, 0.4) is 0 Å². The minimum Gasteiger partial charge on any atom is -0.497 e. The predicted octanol–water partition coefficient (Wildman–Crippen LogP) is 2.75. The number of nitrogens with one attached hydrogen (secondary N) is 2. The highest BCUT2D eigenvalue weighted by molar-refractivity contribution is 5.82. The number of hydrogen-bond donors (Lipinski definition) is 2. The Kier molecular flexibility index (Phi) is 7.79. The molecule has 2 N–H and O–H groups in total. The summed E-state index contributed by atoms with van der Waals surface area (Å²) in [7, 11) is 3.38. The molecule has 6 nitrogen and oxygen atoms in total. The highest BCUT2D eigenvalue weighted by atomic mass is 16.5. The summed E-state index contributed by atoms with van der Waals surface area (Å²) < 4.78 is 5.23. The smallest absolute Gasteiger partial charge is 0.234 e. The second kappa shape index (κ2) is 10.1. The maximum absolute atomic E-state index is 12.7. The molecule has 0 spiro atoms. The average molecular weight is 398 g/mol. The largest absolute Gasteiger partial charge is 0.497 e. The number of nitrogens with zero attached hydrogens (tertiary/aromatic N) is 1. The summed E-state index contributed by atoms with van der Waals surface area (Å²) in [5.41, 5.74) is 1.64. The zero-order valence-electron chi connectivity index (χ0n) is 17.9. The van der Waals surface area contributed by atoms with Gasteiger partial charge in [0.1, 0.15) is 5.75 Å². The van der Waals surface area contributed by atoms with Gasteiger partial charge in [-0.1, -0.05) is 42.5 Å². The lowest BCUT2D eigenvalue weighted by atomic mass is 9.98. The Morgan fingerprint density at radius 3 is 2.03 bits per heavy atom. The van der Waals surface area contributed by atoms with E-state index in [4.69, 9.17) is 4.74 Å². The fourth-order valence-corrected chi connectivity index (χ4v) is 3.01. The third-order valence-corrected chi connectivity index (χ3v) is 4.23. The van der Waals surface area contributed by atoms with Gasteiger partial charge in [0.15, 0.2) is 0 Å². The molecule has 1 atom stereocenters. The highest BCUT2D eigenvalue weighted by Crippen LogP contribution is 2.24. The molecule has 0 aromatic heterocycles. The molecule has 0 saturated carbocycles. The molecule has 0 fully saturated rings. The fraction of sp³-hybridized carbons (Fsp3) is 0.391. The summed E-state index contributed by atoms with van der Waals surface area (Å²) in [4.78, 5) is 26.5. The normalized spacial score (nSPS) is 12.3. The molecular formula is C23H31N3O3. The molecule has 6 heteroatoms. The van der Waals surface area contributed by atoms with Crippen molar-refractivity contribution in [2.45, 2.75) is 32.4 Å². The van der Waals surface area contributed by atoms with Gasteiger partial charge >= 0.3 is 0 Å². The summed E-state index contributed by atoms with van der Waals surface area (Å²) in [6.07, 6.45) is 0. The summed E-state index contributed by atoms with van der Waals surface area (Å²) in [6, 6.07) is 17.1. The minimum absolute atomic E-state index is 0.109. The van der Waals surface area contributed by atoms with E-state index in [0.29, 0.717) is 0 Å². The van der Waals surface area contributed by atoms with Crippen LogP contribution in [0.2, 0.25) is 0 Å². The van der Waals surface area contributed by atoms with Crippen LogP contribution >= 0.6 is 0 Å². The Morgan fingerprint density at radius 1 is 0.931 bits per heavy atom. The average Bonchev–Trinajstić information content (AvgIpc) is 2.65. The first kappa shape index (κ1) is 22.4. The number of rotatable bonds is 8. The van der Waals surface area contributed by atoms with E-state index in [2.05, 4.69) is 10.6 Å². The zero-order chi connectivity index (χ0) is 21.4. The Labute approximate surface area is 173 Å². The van der Waals surface area contributed by atoms with Crippen molar-refractivity contribution in [2.75, 3.05) is 27.2 Å². The first-order valence-corrected chi connectivity index (χ1v) is 9.66. The van der Waals surface area contributed by atoms with Crippen LogP contribution in [-0.2, 0) is 9.59 Å². The Morgan fingerprint density at radius 2 is 1.48 bits per heavy atom. The number of ether oxygens (including phenoxy) is 1. The molecule has 2 aromatic rings. The van der Waals surface area contributed by atoms with E-state index in [-0.39, 0.29) is 36.5 Å². The molecular weight excluding hydrogens is 366 g/mol. The third-order valence-electron chi connectivity index (χ3n) is 4.23. The molecule has 2 amide bonds. The van der Waals surface area contributed by atoms with Crippen molar-refractivity contribution in [1.29, 1.82) is 0 Å². The van der Waals surface area contributed by atoms with E-state index in [0.717, 1.165) is 16.9 Å². The highest BCUT2D eigenvalue weighted by Gasteiger charge is 2.20. The lowest BCUT2D eigenvalue weighted by Gasteiger charge is -2.24. The van der Waals surface area contributed by atoms with Crippen LogP contribution in [0.4, 0.5) is 0 Å². The molecule has 29 heavy (non-hydrogen) atoms. The van der Waals surface area contributed by atoms with E-state index in [1.165, 1.54) is 0 Å². The first-order valence-electron chi connectivity index (χ1n) is 9.66. The van der Waals surface area contributed by atoms with Crippen molar-refractivity contribution in [3.8, 4) is 5.75 Å². The van der Waals surface area contributed by atoms with Crippen LogP contribution in [0, 0.1) is 0 Å². The molecule has 156 valence electrons. The lowest BCUT2D eigenvalue weighted by molar-refractivity contribution is -0.125. The standard InChI is InChI=1S/C23H31N3O3/c1-23(2,3)25-21(28)16-26(4)15-20(27)24-22(17-9-7-6-8-10-17)18-11-13-19(29-5)14-12-18/h6-14,22H,15-16H2,1-5H3,(H,24,27)(H,25,28)/t22-/m1/s1. The number of carbonyl (C=O) groups excluding carboxylic acids is 2. The fourth-order valence-electron chi connectivity index (χ4n) is 3.01. The summed E-state index contributed by atoms with van der Waals surface area (Å²) in [5.74, 6) is 0.500. The topological polar surface area (TPSA) is 70.7 Å². The van der Waals surface area contributed by atoms with E-state index < -0.39 is 0 Å². The Hall–Kier alpha value is -2.86. The van der Waals surface area contributed by atoms with Crippen LogP contribution in [-0.4, -0.2) is 49.5 Å². The molecule has 2 rings (SSSR count). The Balaban J connectivity index is 2.06. The van der Waals surface area contributed by atoms with Gasteiger partial charge in [0, 0.05) is 5.54 Å². The van der Waals surface area contributed by atoms with Crippen molar-refractivity contribution in [2.24, 2.45) is 0 Å². The molecule has 0 aliphatic carbocycles. The summed E-state index contributed by atoms with van der Waals surface area (Å²) >= 11 is 0. The van der Waals surface area contributed by atoms with E-state index in [9.17, 15) is 9.59 Å². The molecule has 0 unspecified atom stereocenters. The van der Waals surface area contributed by atoms with Gasteiger partial charge in [0.25, 0.3) is 0 Å². The maximum Gasteiger partial charge on any atom is 0.234 e. The maximum atomic E-state index is 12.7. The third kappa shape index (κ3) is 7.58. The first-order chi connectivity index (χ1) is 13.7. The van der Waals surface area contributed by atoms with Crippen molar-refractivity contribution < 1.29 is 14.3 Å². The number of benzene rings is 2.